The summed E-state index contributed by atoms with van der Waals surface area (Å²) in [5, 5.41) is 13.7. The van der Waals surface area contributed by atoms with Crippen molar-refractivity contribution in [2.45, 2.75) is 71.8 Å². The molecule has 2 rings (SSSR count). The molecule has 8 heteroatoms. The SMILES string of the molecule is CC(C)(C)OC(=O)NCc1nc2ccc([B]OC(C)(C)C(C)(C)O)cc2s1. The van der Waals surface area contributed by atoms with E-state index in [1.807, 2.05) is 52.8 Å². The van der Waals surface area contributed by atoms with E-state index < -0.39 is 22.9 Å². The molecule has 0 bridgehead atoms. The molecule has 0 aliphatic rings. The van der Waals surface area contributed by atoms with E-state index in [1.54, 1.807) is 21.3 Å². The highest BCUT2D eigenvalue weighted by Gasteiger charge is 2.35. The van der Waals surface area contributed by atoms with Crippen LogP contribution in [-0.2, 0) is 15.9 Å². The lowest BCUT2D eigenvalue weighted by atomic mass is 9.82. The standard InChI is InChI=1S/C19H28BN2O4S/c1-17(2,3)25-16(23)21-11-15-22-13-9-8-12(10-14(13)27-15)20-26-19(6,7)18(4,5)24/h8-10,24H,11H2,1-7H3,(H,21,23). The van der Waals surface area contributed by atoms with Gasteiger partial charge in [-0.3, -0.25) is 0 Å². The molecule has 0 fully saturated rings. The van der Waals surface area contributed by atoms with Crippen molar-refractivity contribution in [3.8, 4) is 0 Å². The van der Waals surface area contributed by atoms with Crippen LogP contribution in [0.5, 0.6) is 0 Å². The molecular weight excluding hydrogens is 363 g/mol. The van der Waals surface area contributed by atoms with Crippen LogP contribution in [0.25, 0.3) is 10.2 Å². The number of nitrogens with zero attached hydrogens (tertiary/aromatic N) is 1. The van der Waals surface area contributed by atoms with E-state index in [-0.39, 0.29) is 0 Å². The van der Waals surface area contributed by atoms with Crippen molar-refractivity contribution in [3.63, 3.8) is 0 Å². The first-order chi connectivity index (χ1) is 12.3. The minimum absolute atomic E-state index is 0.315. The van der Waals surface area contributed by atoms with Gasteiger partial charge in [-0.25, -0.2) is 9.78 Å². The summed E-state index contributed by atoms with van der Waals surface area (Å²) in [5.41, 5.74) is -0.481. The summed E-state index contributed by atoms with van der Waals surface area (Å²) < 4.78 is 12.0. The van der Waals surface area contributed by atoms with Gasteiger partial charge in [-0.2, -0.15) is 0 Å². The molecule has 0 aliphatic carbocycles. The number of rotatable bonds is 6. The Labute approximate surface area is 165 Å². The highest BCUT2D eigenvalue weighted by Crippen LogP contribution is 2.25. The molecule has 0 saturated heterocycles. The number of hydrogen-bond acceptors (Lipinski definition) is 6. The maximum atomic E-state index is 11.8. The van der Waals surface area contributed by atoms with E-state index in [4.69, 9.17) is 9.39 Å². The second-order valence-corrected chi connectivity index (χ2v) is 9.61. The number of benzene rings is 1. The summed E-state index contributed by atoms with van der Waals surface area (Å²) in [6, 6.07) is 5.80. The summed E-state index contributed by atoms with van der Waals surface area (Å²) in [7, 11) is 1.65. The fourth-order valence-corrected chi connectivity index (χ4v) is 2.91. The highest BCUT2D eigenvalue weighted by molar-refractivity contribution is 7.18. The summed E-state index contributed by atoms with van der Waals surface area (Å²) in [6.45, 7) is 12.9. The van der Waals surface area contributed by atoms with Crippen molar-refractivity contribution in [3.05, 3.63) is 23.2 Å². The molecule has 1 radical (unpaired) electrons. The van der Waals surface area contributed by atoms with Gasteiger partial charge in [0.05, 0.1) is 28.0 Å². The topological polar surface area (TPSA) is 80.7 Å². The van der Waals surface area contributed by atoms with E-state index >= 15 is 0 Å². The van der Waals surface area contributed by atoms with Gasteiger partial charge in [-0.1, -0.05) is 11.5 Å². The fourth-order valence-electron chi connectivity index (χ4n) is 1.96. The third-order valence-electron chi connectivity index (χ3n) is 4.20. The largest absolute Gasteiger partial charge is 0.444 e. The lowest BCUT2D eigenvalue weighted by Crippen LogP contribution is -2.49. The lowest BCUT2D eigenvalue weighted by Gasteiger charge is -2.37. The van der Waals surface area contributed by atoms with Crippen LogP contribution >= 0.6 is 11.3 Å². The third kappa shape index (κ3) is 6.19. The highest BCUT2D eigenvalue weighted by atomic mass is 32.1. The van der Waals surface area contributed by atoms with Crippen LogP contribution in [0.15, 0.2) is 18.2 Å². The average Bonchev–Trinajstić information content (AvgIpc) is 2.90. The van der Waals surface area contributed by atoms with Crippen LogP contribution in [0.3, 0.4) is 0 Å². The van der Waals surface area contributed by atoms with Gasteiger partial charge in [-0.05, 0) is 60.6 Å². The Kier molecular flexibility index (Phi) is 6.24. The monoisotopic (exact) mass is 391 g/mol. The zero-order valence-electron chi connectivity index (χ0n) is 17.0. The van der Waals surface area contributed by atoms with E-state index in [2.05, 4.69) is 10.3 Å². The molecule has 1 heterocycles. The molecule has 27 heavy (non-hydrogen) atoms. The van der Waals surface area contributed by atoms with Gasteiger partial charge >= 0.3 is 13.6 Å². The second-order valence-electron chi connectivity index (χ2n) is 8.50. The summed E-state index contributed by atoms with van der Waals surface area (Å²) in [5.74, 6) is 0. The molecule has 0 saturated carbocycles. The van der Waals surface area contributed by atoms with Gasteiger partial charge in [0.25, 0.3) is 0 Å². The molecule has 0 spiro atoms. The maximum absolute atomic E-state index is 11.8. The van der Waals surface area contributed by atoms with E-state index in [0.29, 0.717) is 6.54 Å². The van der Waals surface area contributed by atoms with Crippen molar-refractivity contribution in [2.24, 2.45) is 0 Å². The normalized spacial score (nSPS) is 12.9. The number of fused-ring (bicyclic) bond motifs is 1. The van der Waals surface area contributed by atoms with Crippen LogP contribution in [-0.4, -0.2) is 40.5 Å². The number of aromatic nitrogens is 1. The Bertz CT molecular complexity index is 806. The Morgan fingerprint density at radius 3 is 2.48 bits per heavy atom. The minimum Gasteiger partial charge on any atom is -0.444 e. The number of hydrogen-bond donors (Lipinski definition) is 2. The first kappa shape index (κ1) is 21.7. The van der Waals surface area contributed by atoms with E-state index in [9.17, 15) is 9.90 Å². The van der Waals surface area contributed by atoms with Crippen LogP contribution in [0.1, 0.15) is 53.5 Å². The van der Waals surface area contributed by atoms with Crippen LogP contribution in [0.2, 0.25) is 0 Å². The molecule has 2 N–H and O–H groups in total. The van der Waals surface area contributed by atoms with Crippen LogP contribution in [0.4, 0.5) is 4.79 Å². The number of carbonyl (C=O) groups excluding carboxylic acids is 1. The zero-order chi connectivity index (χ0) is 20.5. The third-order valence-corrected chi connectivity index (χ3v) is 5.22. The number of thiazole rings is 1. The number of ether oxygens (including phenoxy) is 1. The molecule has 0 aliphatic heterocycles. The number of nitrogens with one attached hydrogen (secondary N) is 1. The van der Waals surface area contributed by atoms with E-state index in [1.165, 1.54) is 11.3 Å². The molecule has 6 nitrogen and oxygen atoms in total. The zero-order valence-corrected chi connectivity index (χ0v) is 17.9. The Hall–Kier alpha value is -1.64. The second kappa shape index (κ2) is 7.77. The maximum Gasteiger partial charge on any atom is 0.408 e. The Morgan fingerprint density at radius 1 is 1.22 bits per heavy atom. The molecule has 1 amide bonds. The summed E-state index contributed by atoms with van der Waals surface area (Å²) in [6.07, 6.45) is -0.460. The van der Waals surface area contributed by atoms with Gasteiger partial charge in [0.2, 0.25) is 0 Å². The van der Waals surface area contributed by atoms with Gasteiger partial charge in [0.15, 0.2) is 0 Å². The van der Waals surface area contributed by atoms with Gasteiger partial charge < -0.3 is 19.8 Å². The summed E-state index contributed by atoms with van der Waals surface area (Å²) in [4.78, 5) is 16.3. The molecule has 0 unspecified atom stereocenters. The van der Waals surface area contributed by atoms with Crippen molar-refractivity contribution < 1.29 is 19.3 Å². The van der Waals surface area contributed by atoms with Gasteiger partial charge in [-0.15, -0.1) is 11.3 Å². The fraction of sp³-hybridized carbons (Fsp3) is 0.579. The summed E-state index contributed by atoms with van der Waals surface area (Å²) >= 11 is 1.50. The van der Waals surface area contributed by atoms with Crippen molar-refractivity contribution >= 4 is 40.6 Å². The lowest BCUT2D eigenvalue weighted by molar-refractivity contribution is -0.0893. The van der Waals surface area contributed by atoms with Crippen molar-refractivity contribution in [1.29, 1.82) is 0 Å². The van der Waals surface area contributed by atoms with Crippen molar-refractivity contribution in [2.75, 3.05) is 0 Å². The predicted octanol–water partition coefficient (Wildman–Crippen LogP) is 3.13. The molecule has 147 valence electrons. The van der Waals surface area contributed by atoms with Gasteiger partial charge in [0, 0.05) is 0 Å². The van der Waals surface area contributed by atoms with Crippen LogP contribution in [0, 0.1) is 0 Å². The first-order valence-corrected chi connectivity index (χ1v) is 9.68. The Balaban J connectivity index is 2.01. The Morgan fingerprint density at radius 2 is 1.89 bits per heavy atom. The quantitative estimate of drug-likeness (QED) is 0.740. The molecule has 2 aromatic rings. The van der Waals surface area contributed by atoms with Crippen LogP contribution < -0.4 is 10.8 Å². The number of aliphatic hydroxyl groups is 1. The number of alkyl carbamates (subject to hydrolysis) is 1. The first-order valence-electron chi connectivity index (χ1n) is 8.87. The van der Waals surface area contributed by atoms with Crippen molar-refractivity contribution in [1.82, 2.24) is 10.3 Å². The van der Waals surface area contributed by atoms with E-state index in [0.717, 1.165) is 20.7 Å². The molecule has 1 aromatic heterocycles. The molecule has 1 aromatic carbocycles. The van der Waals surface area contributed by atoms with Gasteiger partial charge in [0.1, 0.15) is 10.6 Å². The minimum atomic E-state index is -0.974. The number of carbonyl (C=O) groups is 1. The molecular formula is C19H28BN2O4S. The predicted molar refractivity (Wildman–Crippen MR) is 110 cm³/mol. The average molecular weight is 391 g/mol. The number of amides is 1. The smallest absolute Gasteiger partial charge is 0.408 e. The molecule has 0 atom stereocenters.